The van der Waals surface area contributed by atoms with Gasteiger partial charge < -0.3 is 15.0 Å². The van der Waals surface area contributed by atoms with Gasteiger partial charge in [-0.15, -0.1) is 0 Å². The van der Waals surface area contributed by atoms with Gasteiger partial charge in [-0.2, -0.15) is 5.10 Å². The maximum atomic E-state index is 13.2. The van der Waals surface area contributed by atoms with Crippen molar-refractivity contribution in [2.24, 2.45) is 0 Å². The van der Waals surface area contributed by atoms with Crippen molar-refractivity contribution in [3.63, 3.8) is 0 Å². The zero-order valence-electron chi connectivity index (χ0n) is 16.3. The van der Waals surface area contributed by atoms with Gasteiger partial charge in [-0.3, -0.25) is 9.48 Å². The standard InChI is InChI=1S/C20H32N4O2/c1-4-24-19-14(3)26-13(2)12-17(19)18(22-24)20(25)23-10-8-16(9-11-23)21-15-6-5-7-15/h13-16,21H,4-12H2,1-3H3/t13-,14+/m1/s1. The molecule has 1 aromatic rings. The van der Waals surface area contributed by atoms with Crippen molar-refractivity contribution in [2.75, 3.05) is 13.1 Å². The van der Waals surface area contributed by atoms with Gasteiger partial charge in [-0.25, -0.2) is 0 Å². The lowest BCUT2D eigenvalue weighted by Crippen LogP contribution is -2.49. The number of carbonyl (C=O) groups excluding carboxylic acids is 1. The van der Waals surface area contributed by atoms with Crippen LogP contribution in [0.3, 0.4) is 0 Å². The highest BCUT2D eigenvalue weighted by atomic mass is 16.5. The smallest absolute Gasteiger partial charge is 0.274 e. The fraction of sp³-hybridized carbons (Fsp3) is 0.800. The highest BCUT2D eigenvalue weighted by Crippen LogP contribution is 2.33. The van der Waals surface area contributed by atoms with Gasteiger partial charge in [0.25, 0.3) is 5.91 Å². The summed E-state index contributed by atoms with van der Waals surface area (Å²) in [7, 11) is 0. The van der Waals surface area contributed by atoms with Crippen LogP contribution in [0.2, 0.25) is 0 Å². The van der Waals surface area contributed by atoms with Crippen molar-refractivity contribution in [1.82, 2.24) is 20.0 Å². The molecule has 2 fully saturated rings. The molecule has 1 saturated carbocycles. The summed E-state index contributed by atoms with van der Waals surface area (Å²) in [6.45, 7) is 8.65. The number of ether oxygens (including phenoxy) is 1. The number of nitrogens with one attached hydrogen (secondary N) is 1. The molecular formula is C20H32N4O2. The summed E-state index contributed by atoms with van der Waals surface area (Å²) in [5.41, 5.74) is 2.86. The van der Waals surface area contributed by atoms with Crippen LogP contribution in [0.4, 0.5) is 0 Å². The Balaban J connectivity index is 1.47. The predicted molar refractivity (Wildman–Crippen MR) is 100 cm³/mol. The van der Waals surface area contributed by atoms with Gasteiger partial charge in [-0.1, -0.05) is 6.42 Å². The molecule has 6 nitrogen and oxygen atoms in total. The molecule has 3 aliphatic rings. The third-order valence-corrected chi connectivity index (χ3v) is 6.27. The molecule has 144 valence electrons. The molecule has 0 radical (unpaired) electrons. The fourth-order valence-electron chi connectivity index (χ4n) is 4.64. The van der Waals surface area contributed by atoms with Crippen LogP contribution in [0.1, 0.15) is 80.7 Å². The van der Waals surface area contributed by atoms with Crippen LogP contribution in [-0.2, 0) is 17.7 Å². The molecule has 3 heterocycles. The average Bonchev–Trinajstić information content (AvgIpc) is 2.97. The van der Waals surface area contributed by atoms with E-state index in [0.717, 1.165) is 56.2 Å². The van der Waals surface area contributed by atoms with Crippen LogP contribution >= 0.6 is 0 Å². The van der Waals surface area contributed by atoms with Crippen LogP contribution in [0.15, 0.2) is 0 Å². The Morgan fingerprint density at radius 3 is 2.50 bits per heavy atom. The molecule has 4 rings (SSSR count). The third-order valence-electron chi connectivity index (χ3n) is 6.27. The van der Waals surface area contributed by atoms with Crippen LogP contribution in [0, 0.1) is 0 Å². The molecular weight excluding hydrogens is 328 g/mol. The highest BCUT2D eigenvalue weighted by molar-refractivity contribution is 5.94. The van der Waals surface area contributed by atoms with Gasteiger partial charge in [0.05, 0.1) is 17.9 Å². The van der Waals surface area contributed by atoms with E-state index in [1.807, 2.05) is 9.58 Å². The summed E-state index contributed by atoms with van der Waals surface area (Å²) in [6, 6.07) is 1.29. The van der Waals surface area contributed by atoms with Crippen LogP contribution in [0.25, 0.3) is 0 Å². The summed E-state index contributed by atoms with van der Waals surface area (Å²) in [6.07, 6.45) is 7.01. The van der Waals surface area contributed by atoms with Gasteiger partial charge in [0.2, 0.25) is 0 Å². The molecule has 2 atom stereocenters. The van der Waals surface area contributed by atoms with Crippen molar-refractivity contribution < 1.29 is 9.53 Å². The zero-order valence-corrected chi connectivity index (χ0v) is 16.3. The minimum atomic E-state index is 0.000151. The van der Waals surface area contributed by atoms with E-state index in [9.17, 15) is 4.79 Å². The SMILES string of the molecule is CCn1nc(C(=O)N2CCC(NC3CCC3)CC2)c2c1[C@H](C)O[C@H](C)C2. The summed E-state index contributed by atoms with van der Waals surface area (Å²) >= 11 is 0. The van der Waals surface area contributed by atoms with E-state index >= 15 is 0 Å². The largest absolute Gasteiger partial charge is 0.369 e. The molecule has 0 spiro atoms. The number of hydrogen-bond acceptors (Lipinski definition) is 4. The second kappa shape index (κ2) is 7.31. The molecule has 1 aliphatic carbocycles. The van der Waals surface area contributed by atoms with E-state index in [2.05, 4.69) is 31.2 Å². The topological polar surface area (TPSA) is 59.4 Å². The molecule has 0 unspecified atom stereocenters. The average molecular weight is 361 g/mol. The lowest BCUT2D eigenvalue weighted by atomic mass is 9.91. The Bertz CT molecular complexity index is 659. The van der Waals surface area contributed by atoms with Gasteiger partial charge >= 0.3 is 0 Å². The van der Waals surface area contributed by atoms with E-state index in [0.29, 0.717) is 11.7 Å². The first-order chi connectivity index (χ1) is 12.6. The summed E-state index contributed by atoms with van der Waals surface area (Å²) in [5.74, 6) is 0.108. The normalized spacial score (nSPS) is 27.3. The number of hydrogen-bond donors (Lipinski definition) is 1. The molecule has 1 aromatic heterocycles. The Morgan fingerprint density at radius 2 is 1.88 bits per heavy atom. The Kier molecular flexibility index (Phi) is 5.06. The first kappa shape index (κ1) is 18.0. The summed E-state index contributed by atoms with van der Waals surface area (Å²) in [4.78, 5) is 15.2. The van der Waals surface area contributed by atoms with Gasteiger partial charge in [-0.05, 0) is 46.5 Å². The second-order valence-electron chi connectivity index (χ2n) is 8.18. The third kappa shape index (κ3) is 3.29. The van der Waals surface area contributed by atoms with E-state index in [4.69, 9.17) is 4.74 Å². The molecule has 6 heteroatoms. The minimum absolute atomic E-state index is 0.000151. The molecule has 1 amide bonds. The first-order valence-corrected chi connectivity index (χ1v) is 10.4. The number of amides is 1. The fourth-order valence-corrected chi connectivity index (χ4v) is 4.64. The van der Waals surface area contributed by atoms with Crippen molar-refractivity contribution in [3.8, 4) is 0 Å². The Labute approximate surface area is 156 Å². The van der Waals surface area contributed by atoms with Gasteiger partial charge in [0, 0.05) is 43.7 Å². The molecule has 2 aliphatic heterocycles. The molecule has 1 N–H and O–H groups in total. The quantitative estimate of drug-likeness (QED) is 0.897. The highest BCUT2D eigenvalue weighted by Gasteiger charge is 2.34. The number of fused-ring (bicyclic) bond motifs is 1. The number of rotatable bonds is 4. The number of likely N-dealkylation sites (tertiary alicyclic amines) is 1. The van der Waals surface area contributed by atoms with Crippen molar-refractivity contribution in [2.45, 2.75) is 90.1 Å². The molecule has 0 aromatic carbocycles. The number of nitrogens with zero attached hydrogens (tertiary/aromatic N) is 3. The zero-order chi connectivity index (χ0) is 18.3. The number of piperidine rings is 1. The monoisotopic (exact) mass is 360 g/mol. The maximum absolute atomic E-state index is 13.2. The summed E-state index contributed by atoms with van der Waals surface area (Å²) in [5, 5.41) is 8.45. The number of aromatic nitrogens is 2. The second-order valence-corrected chi connectivity index (χ2v) is 8.18. The van der Waals surface area contributed by atoms with Crippen molar-refractivity contribution in [1.29, 1.82) is 0 Å². The Morgan fingerprint density at radius 1 is 1.19 bits per heavy atom. The van der Waals surface area contributed by atoms with E-state index in [-0.39, 0.29) is 18.1 Å². The van der Waals surface area contributed by atoms with Crippen molar-refractivity contribution >= 4 is 5.91 Å². The lowest BCUT2D eigenvalue weighted by Gasteiger charge is -2.37. The van der Waals surface area contributed by atoms with E-state index < -0.39 is 0 Å². The first-order valence-electron chi connectivity index (χ1n) is 10.4. The van der Waals surface area contributed by atoms with Gasteiger partial charge in [0.1, 0.15) is 0 Å². The summed E-state index contributed by atoms with van der Waals surface area (Å²) < 4.78 is 7.93. The Hall–Kier alpha value is -1.40. The lowest BCUT2D eigenvalue weighted by molar-refractivity contribution is -0.00952. The van der Waals surface area contributed by atoms with Gasteiger partial charge in [0.15, 0.2) is 5.69 Å². The molecule has 26 heavy (non-hydrogen) atoms. The van der Waals surface area contributed by atoms with Crippen LogP contribution in [-0.4, -0.2) is 51.9 Å². The van der Waals surface area contributed by atoms with E-state index in [1.54, 1.807) is 0 Å². The minimum Gasteiger partial charge on any atom is -0.369 e. The molecule has 0 bridgehead atoms. The van der Waals surface area contributed by atoms with E-state index in [1.165, 1.54) is 19.3 Å². The maximum Gasteiger partial charge on any atom is 0.274 e. The number of carbonyl (C=O) groups is 1. The number of aryl methyl sites for hydroxylation is 1. The van der Waals surface area contributed by atoms with Crippen LogP contribution < -0.4 is 5.32 Å². The predicted octanol–water partition coefficient (Wildman–Crippen LogP) is 2.67. The van der Waals surface area contributed by atoms with Crippen LogP contribution in [0.5, 0.6) is 0 Å². The van der Waals surface area contributed by atoms with Crippen molar-refractivity contribution in [3.05, 3.63) is 17.0 Å². The molecule has 1 saturated heterocycles.